The van der Waals surface area contributed by atoms with E-state index < -0.39 is 0 Å². The van der Waals surface area contributed by atoms with Crippen LogP contribution in [-0.4, -0.2) is 6.10 Å². The van der Waals surface area contributed by atoms with Gasteiger partial charge in [-0.05, 0) is 55.3 Å². The van der Waals surface area contributed by atoms with Crippen LogP contribution in [0.15, 0.2) is 42.5 Å². The van der Waals surface area contributed by atoms with Crippen LogP contribution in [-0.2, 0) is 0 Å². The summed E-state index contributed by atoms with van der Waals surface area (Å²) >= 11 is 5.91. The first-order valence-corrected chi connectivity index (χ1v) is 6.79. The molecule has 0 radical (unpaired) electrons. The topological polar surface area (TPSA) is 35.2 Å². The molecule has 0 aromatic heterocycles. The van der Waals surface area contributed by atoms with Crippen LogP contribution in [0.25, 0.3) is 0 Å². The normalized spacial score (nSPS) is 13.8. The number of nitrogens with two attached hydrogens (primary N) is 1. The zero-order valence-electron chi connectivity index (χ0n) is 11.4. The van der Waals surface area contributed by atoms with Gasteiger partial charge in [0.15, 0.2) is 0 Å². The molecule has 106 valence electrons. The maximum Gasteiger partial charge on any atom is 0.123 e. The molecule has 0 fully saturated rings. The Morgan fingerprint density at radius 3 is 2.60 bits per heavy atom. The SMILES string of the molecule is Cc1cc(F)ccc1C(N)C(C)Oc1cccc(Cl)c1. The fraction of sp³-hybridized carbons (Fsp3) is 0.250. The van der Waals surface area contributed by atoms with E-state index in [0.717, 1.165) is 11.1 Å². The number of hydrogen-bond acceptors (Lipinski definition) is 2. The van der Waals surface area contributed by atoms with E-state index in [1.165, 1.54) is 12.1 Å². The average Bonchev–Trinajstić information content (AvgIpc) is 2.38. The summed E-state index contributed by atoms with van der Waals surface area (Å²) in [7, 11) is 0. The molecular weight excluding hydrogens is 277 g/mol. The molecule has 0 aliphatic rings. The van der Waals surface area contributed by atoms with E-state index in [0.29, 0.717) is 10.8 Å². The van der Waals surface area contributed by atoms with Crippen LogP contribution in [0.1, 0.15) is 24.1 Å². The van der Waals surface area contributed by atoms with Crippen molar-refractivity contribution in [2.45, 2.75) is 26.0 Å². The maximum atomic E-state index is 13.1. The molecule has 4 heteroatoms. The van der Waals surface area contributed by atoms with Gasteiger partial charge < -0.3 is 10.5 Å². The summed E-state index contributed by atoms with van der Waals surface area (Å²) < 4.78 is 18.9. The van der Waals surface area contributed by atoms with Crippen LogP contribution in [0, 0.1) is 12.7 Å². The number of rotatable bonds is 4. The Hall–Kier alpha value is -1.58. The summed E-state index contributed by atoms with van der Waals surface area (Å²) in [5, 5.41) is 0.612. The molecule has 0 aliphatic carbocycles. The maximum absolute atomic E-state index is 13.1. The Morgan fingerprint density at radius 2 is 1.95 bits per heavy atom. The van der Waals surface area contributed by atoms with Crippen molar-refractivity contribution in [3.8, 4) is 5.75 Å². The number of aryl methyl sites for hydroxylation is 1. The molecule has 2 aromatic carbocycles. The first-order valence-electron chi connectivity index (χ1n) is 6.41. The molecule has 2 N–H and O–H groups in total. The van der Waals surface area contributed by atoms with Gasteiger partial charge in [0.2, 0.25) is 0 Å². The lowest BCUT2D eigenvalue weighted by Gasteiger charge is -2.23. The molecular formula is C16H17ClFNO. The van der Waals surface area contributed by atoms with E-state index in [-0.39, 0.29) is 18.0 Å². The second-order valence-corrected chi connectivity index (χ2v) is 5.24. The lowest BCUT2D eigenvalue weighted by molar-refractivity contribution is 0.190. The number of ether oxygens (including phenoxy) is 1. The minimum Gasteiger partial charge on any atom is -0.489 e. The highest BCUT2D eigenvalue weighted by molar-refractivity contribution is 6.30. The van der Waals surface area contributed by atoms with Crippen LogP contribution >= 0.6 is 11.6 Å². The van der Waals surface area contributed by atoms with E-state index in [9.17, 15) is 4.39 Å². The monoisotopic (exact) mass is 293 g/mol. The van der Waals surface area contributed by atoms with Crippen molar-refractivity contribution in [2.75, 3.05) is 0 Å². The predicted octanol–water partition coefficient (Wildman–Crippen LogP) is 4.25. The van der Waals surface area contributed by atoms with Gasteiger partial charge in [0, 0.05) is 5.02 Å². The Balaban J connectivity index is 2.14. The fourth-order valence-electron chi connectivity index (χ4n) is 2.09. The van der Waals surface area contributed by atoms with Crippen molar-refractivity contribution >= 4 is 11.6 Å². The zero-order valence-corrected chi connectivity index (χ0v) is 12.2. The first kappa shape index (κ1) is 14.8. The molecule has 0 heterocycles. The molecule has 0 spiro atoms. The Morgan fingerprint density at radius 1 is 1.20 bits per heavy atom. The summed E-state index contributed by atoms with van der Waals surface area (Å²) in [6.07, 6.45) is -0.252. The van der Waals surface area contributed by atoms with Gasteiger partial charge in [-0.3, -0.25) is 0 Å². The molecule has 0 saturated heterocycles. The van der Waals surface area contributed by atoms with Crippen molar-refractivity contribution in [3.63, 3.8) is 0 Å². The fourth-order valence-corrected chi connectivity index (χ4v) is 2.27. The molecule has 2 atom stereocenters. The van der Waals surface area contributed by atoms with Crippen molar-refractivity contribution in [3.05, 3.63) is 64.4 Å². The summed E-state index contributed by atoms with van der Waals surface area (Å²) in [5.41, 5.74) is 7.89. The molecule has 0 saturated carbocycles. The minimum atomic E-state index is -0.338. The zero-order chi connectivity index (χ0) is 14.7. The van der Waals surface area contributed by atoms with Crippen LogP contribution < -0.4 is 10.5 Å². The van der Waals surface area contributed by atoms with Gasteiger partial charge in [-0.15, -0.1) is 0 Å². The second kappa shape index (κ2) is 6.25. The standard InChI is InChI=1S/C16H17ClFNO/c1-10-8-13(18)6-7-15(10)16(19)11(2)20-14-5-3-4-12(17)9-14/h3-9,11,16H,19H2,1-2H3. The van der Waals surface area contributed by atoms with E-state index >= 15 is 0 Å². The number of halogens is 2. The van der Waals surface area contributed by atoms with Crippen LogP contribution in [0.3, 0.4) is 0 Å². The molecule has 2 nitrogen and oxygen atoms in total. The first-order chi connectivity index (χ1) is 9.47. The number of benzene rings is 2. The third kappa shape index (κ3) is 3.50. The lowest BCUT2D eigenvalue weighted by Crippen LogP contribution is -2.29. The van der Waals surface area contributed by atoms with Crippen molar-refractivity contribution < 1.29 is 9.13 Å². The van der Waals surface area contributed by atoms with Crippen molar-refractivity contribution in [1.82, 2.24) is 0 Å². The Labute approximate surface area is 123 Å². The average molecular weight is 294 g/mol. The summed E-state index contributed by atoms with van der Waals surface area (Å²) in [4.78, 5) is 0. The van der Waals surface area contributed by atoms with E-state index in [4.69, 9.17) is 22.1 Å². The van der Waals surface area contributed by atoms with Crippen LogP contribution in [0.2, 0.25) is 5.02 Å². The molecule has 0 amide bonds. The van der Waals surface area contributed by atoms with Gasteiger partial charge in [0.25, 0.3) is 0 Å². The third-order valence-corrected chi connectivity index (χ3v) is 3.45. The molecule has 2 unspecified atom stereocenters. The van der Waals surface area contributed by atoms with Crippen LogP contribution in [0.5, 0.6) is 5.75 Å². The molecule has 0 bridgehead atoms. The quantitative estimate of drug-likeness (QED) is 0.914. The largest absolute Gasteiger partial charge is 0.489 e. The predicted molar refractivity (Wildman–Crippen MR) is 79.6 cm³/mol. The van der Waals surface area contributed by atoms with Crippen molar-refractivity contribution in [2.24, 2.45) is 5.73 Å². The lowest BCUT2D eigenvalue weighted by atomic mass is 9.98. The highest BCUT2D eigenvalue weighted by Crippen LogP contribution is 2.24. The minimum absolute atomic E-state index is 0.252. The highest BCUT2D eigenvalue weighted by Gasteiger charge is 2.18. The number of hydrogen-bond donors (Lipinski definition) is 1. The van der Waals surface area contributed by atoms with E-state index in [1.807, 2.05) is 26.0 Å². The van der Waals surface area contributed by atoms with Crippen LogP contribution in [0.4, 0.5) is 4.39 Å². The molecule has 0 aliphatic heterocycles. The van der Waals surface area contributed by atoms with Gasteiger partial charge >= 0.3 is 0 Å². The molecule has 2 rings (SSSR count). The van der Waals surface area contributed by atoms with Gasteiger partial charge in [0.1, 0.15) is 17.7 Å². The van der Waals surface area contributed by atoms with E-state index in [2.05, 4.69) is 0 Å². The highest BCUT2D eigenvalue weighted by atomic mass is 35.5. The second-order valence-electron chi connectivity index (χ2n) is 4.81. The van der Waals surface area contributed by atoms with Gasteiger partial charge in [0.05, 0.1) is 6.04 Å². The van der Waals surface area contributed by atoms with E-state index in [1.54, 1.807) is 18.2 Å². The Kier molecular flexibility index (Phi) is 4.63. The van der Waals surface area contributed by atoms with Gasteiger partial charge in [-0.1, -0.05) is 23.7 Å². The van der Waals surface area contributed by atoms with Gasteiger partial charge in [-0.25, -0.2) is 4.39 Å². The van der Waals surface area contributed by atoms with Crippen molar-refractivity contribution in [1.29, 1.82) is 0 Å². The summed E-state index contributed by atoms with van der Waals surface area (Å²) in [6, 6.07) is 11.4. The third-order valence-electron chi connectivity index (χ3n) is 3.21. The van der Waals surface area contributed by atoms with Gasteiger partial charge in [-0.2, -0.15) is 0 Å². The Bertz CT molecular complexity index is 603. The smallest absolute Gasteiger partial charge is 0.123 e. The summed E-state index contributed by atoms with van der Waals surface area (Å²) in [6.45, 7) is 3.72. The molecule has 20 heavy (non-hydrogen) atoms. The molecule has 2 aromatic rings. The summed E-state index contributed by atoms with van der Waals surface area (Å²) in [5.74, 6) is 0.405.